The predicted molar refractivity (Wildman–Crippen MR) is 95.1 cm³/mol. The highest BCUT2D eigenvalue weighted by molar-refractivity contribution is 5.94. The van der Waals surface area contributed by atoms with E-state index in [0.29, 0.717) is 13.2 Å². The van der Waals surface area contributed by atoms with Crippen molar-refractivity contribution in [2.45, 2.75) is 19.9 Å². The SMILES string of the molecule is CCOc1ccc2ccccc2c1CN1C[C@@]2(C(=O)O)C[C@@]2(C(=O)O)C1. The van der Waals surface area contributed by atoms with E-state index >= 15 is 0 Å². The minimum Gasteiger partial charge on any atom is -0.494 e. The molecule has 2 aliphatic rings. The molecule has 2 fully saturated rings. The summed E-state index contributed by atoms with van der Waals surface area (Å²) in [5.74, 6) is -1.25. The summed E-state index contributed by atoms with van der Waals surface area (Å²) in [5.41, 5.74) is -1.34. The number of piperidine rings is 1. The number of hydrogen-bond acceptors (Lipinski definition) is 4. The Labute approximate surface area is 151 Å². The molecule has 0 aromatic heterocycles. The summed E-state index contributed by atoms with van der Waals surface area (Å²) in [6, 6.07) is 11.9. The van der Waals surface area contributed by atoms with Crippen LogP contribution in [0, 0.1) is 10.8 Å². The van der Waals surface area contributed by atoms with E-state index in [1.165, 1.54) is 0 Å². The van der Waals surface area contributed by atoms with Gasteiger partial charge >= 0.3 is 11.9 Å². The van der Waals surface area contributed by atoms with Gasteiger partial charge in [0.1, 0.15) is 5.75 Å². The van der Waals surface area contributed by atoms with Gasteiger partial charge in [0, 0.05) is 25.2 Å². The molecule has 0 radical (unpaired) electrons. The van der Waals surface area contributed by atoms with Crippen LogP contribution in [0.4, 0.5) is 0 Å². The van der Waals surface area contributed by atoms with Crippen LogP contribution in [0.25, 0.3) is 10.8 Å². The lowest BCUT2D eigenvalue weighted by atomic mass is 9.97. The van der Waals surface area contributed by atoms with Crippen molar-refractivity contribution in [3.63, 3.8) is 0 Å². The fourth-order valence-corrected chi connectivity index (χ4v) is 4.51. The standard InChI is InChI=1S/C20H21NO5/c1-2-26-16-8-7-13-5-3-4-6-14(13)15(16)9-21-11-19(17(22)23)10-20(19,12-21)18(24)25/h3-8H,2,9-12H2,1H3,(H,22,23)(H,24,25)/t19-,20+. The zero-order valence-electron chi connectivity index (χ0n) is 14.6. The topological polar surface area (TPSA) is 87.1 Å². The van der Waals surface area contributed by atoms with Crippen molar-refractivity contribution in [1.82, 2.24) is 4.90 Å². The molecule has 1 saturated heterocycles. The molecule has 2 atom stereocenters. The van der Waals surface area contributed by atoms with E-state index in [4.69, 9.17) is 4.74 Å². The van der Waals surface area contributed by atoms with Crippen LogP contribution in [0.15, 0.2) is 36.4 Å². The average Bonchev–Trinajstić information content (AvgIpc) is 3.16. The zero-order chi connectivity index (χ0) is 18.5. The maximum absolute atomic E-state index is 11.7. The van der Waals surface area contributed by atoms with Crippen LogP contribution in [0.5, 0.6) is 5.75 Å². The second-order valence-corrected chi connectivity index (χ2v) is 7.29. The van der Waals surface area contributed by atoms with Crippen molar-refractivity contribution in [2.75, 3.05) is 19.7 Å². The Morgan fingerprint density at radius 3 is 2.35 bits per heavy atom. The van der Waals surface area contributed by atoms with Gasteiger partial charge in [-0.2, -0.15) is 0 Å². The summed E-state index contributed by atoms with van der Waals surface area (Å²) < 4.78 is 5.78. The smallest absolute Gasteiger partial charge is 0.312 e. The van der Waals surface area contributed by atoms with Crippen LogP contribution in [-0.4, -0.2) is 46.7 Å². The molecule has 1 aliphatic heterocycles. The molecule has 26 heavy (non-hydrogen) atoms. The van der Waals surface area contributed by atoms with Gasteiger partial charge in [0.25, 0.3) is 0 Å². The highest BCUT2D eigenvalue weighted by atomic mass is 16.5. The number of aliphatic carboxylic acids is 2. The first-order valence-electron chi connectivity index (χ1n) is 8.76. The van der Waals surface area contributed by atoms with Crippen LogP contribution >= 0.6 is 0 Å². The van der Waals surface area contributed by atoms with E-state index in [0.717, 1.165) is 22.1 Å². The molecule has 1 heterocycles. The first-order valence-corrected chi connectivity index (χ1v) is 8.76. The van der Waals surface area contributed by atoms with E-state index in [9.17, 15) is 19.8 Å². The van der Waals surface area contributed by atoms with Crippen LogP contribution in [0.2, 0.25) is 0 Å². The van der Waals surface area contributed by atoms with Crippen molar-refractivity contribution in [1.29, 1.82) is 0 Å². The maximum Gasteiger partial charge on any atom is 0.312 e. The number of nitrogens with zero attached hydrogens (tertiary/aromatic N) is 1. The summed E-state index contributed by atoms with van der Waals surface area (Å²) in [7, 11) is 0. The van der Waals surface area contributed by atoms with Crippen LogP contribution in [0.1, 0.15) is 18.9 Å². The fourth-order valence-electron chi connectivity index (χ4n) is 4.51. The summed E-state index contributed by atoms with van der Waals surface area (Å²) in [4.78, 5) is 25.4. The minimum absolute atomic E-state index is 0.217. The molecule has 1 saturated carbocycles. The molecule has 0 amide bonds. The Morgan fingerprint density at radius 2 is 1.73 bits per heavy atom. The monoisotopic (exact) mass is 355 g/mol. The molecule has 2 aromatic rings. The number of benzene rings is 2. The molecule has 0 spiro atoms. The van der Waals surface area contributed by atoms with Crippen molar-refractivity contribution in [3.05, 3.63) is 42.0 Å². The molecule has 2 N–H and O–H groups in total. The highest BCUT2D eigenvalue weighted by Crippen LogP contribution is 2.68. The van der Waals surface area contributed by atoms with Crippen LogP contribution in [-0.2, 0) is 16.1 Å². The van der Waals surface area contributed by atoms with Gasteiger partial charge in [-0.15, -0.1) is 0 Å². The molecule has 6 heteroatoms. The third-order valence-corrected chi connectivity index (χ3v) is 5.88. The first kappa shape index (κ1) is 16.8. The van der Waals surface area contributed by atoms with E-state index < -0.39 is 22.8 Å². The maximum atomic E-state index is 11.7. The molecule has 0 bridgehead atoms. The van der Waals surface area contributed by atoms with Gasteiger partial charge in [0.2, 0.25) is 0 Å². The van der Waals surface area contributed by atoms with E-state index in [-0.39, 0.29) is 19.5 Å². The van der Waals surface area contributed by atoms with Gasteiger partial charge in [-0.05, 0) is 30.2 Å². The average molecular weight is 355 g/mol. The minimum atomic E-state index is -1.16. The molecular weight excluding hydrogens is 334 g/mol. The Morgan fingerprint density at radius 1 is 1.08 bits per heavy atom. The zero-order valence-corrected chi connectivity index (χ0v) is 14.6. The summed E-state index contributed by atoms with van der Waals surface area (Å²) in [6.07, 6.45) is 0.217. The van der Waals surface area contributed by atoms with Gasteiger partial charge in [-0.1, -0.05) is 30.3 Å². The molecule has 1 aliphatic carbocycles. The number of likely N-dealkylation sites (tertiary alicyclic amines) is 1. The third kappa shape index (κ3) is 2.22. The first-order chi connectivity index (χ1) is 12.4. The molecule has 2 aromatic carbocycles. The molecule has 6 nitrogen and oxygen atoms in total. The Hall–Kier alpha value is -2.60. The normalized spacial score (nSPS) is 27.3. The number of fused-ring (bicyclic) bond motifs is 2. The number of carboxylic acid groups (broad SMARTS) is 2. The predicted octanol–water partition coefficient (Wildman–Crippen LogP) is 2.60. The van der Waals surface area contributed by atoms with Gasteiger partial charge in [0.05, 0.1) is 17.4 Å². The van der Waals surface area contributed by atoms with Crippen molar-refractivity contribution in [3.8, 4) is 5.75 Å². The number of rotatable bonds is 6. The van der Waals surface area contributed by atoms with Gasteiger partial charge in [-0.3, -0.25) is 14.5 Å². The van der Waals surface area contributed by atoms with E-state index in [2.05, 4.69) is 0 Å². The number of hydrogen-bond donors (Lipinski definition) is 2. The van der Waals surface area contributed by atoms with Crippen LogP contribution in [0.3, 0.4) is 0 Å². The lowest BCUT2D eigenvalue weighted by molar-refractivity contribution is -0.151. The van der Waals surface area contributed by atoms with Crippen molar-refractivity contribution < 1.29 is 24.5 Å². The Bertz CT molecular complexity index is 882. The third-order valence-electron chi connectivity index (χ3n) is 5.88. The Kier molecular flexibility index (Phi) is 3.70. The van der Waals surface area contributed by atoms with Gasteiger partial charge in [0.15, 0.2) is 0 Å². The lowest BCUT2D eigenvalue weighted by Gasteiger charge is -2.22. The summed E-state index contributed by atoms with van der Waals surface area (Å²) >= 11 is 0. The highest BCUT2D eigenvalue weighted by Gasteiger charge is 2.80. The molecule has 136 valence electrons. The quantitative estimate of drug-likeness (QED) is 0.828. The Balaban J connectivity index is 1.69. The largest absolute Gasteiger partial charge is 0.494 e. The van der Waals surface area contributed by atoms with E-state index in [1.54, 1.807) is 0 Å². The molecular formula is C20H21NO5. The summed E-state index contributed by atoms with van der Waals surface area (Å²) in [5, 5.41) is 21.3. The van der Waals surface area contributed by atoms with Crippen LogP contribution < -0.4 is 4.74 Å². The number of carbonyl (C=O) groups is 2. The fraction of sp³-hybridized carbons (Fsp3) is 0.400. The number of ether oxygens (including phenoxy) is 1. The summed E-state index contributed by atoms with van der Waals surface area (Å²) in [6.45, 7) is 3.43. The lowest BCUT2D eigenvalue weighted by Crippen LogP contribution is -2.28. The van der Waals surface area contributed by atoms with Crippen molar-refractivity contribution >= 4 is 22.7 Å². The van der Waals surface area contributed by atoms with E-state index in [1.807, 2.05) is 48.2 Å². The van der Waals surface area contributed by atoms with Gasteiger partial charge < -0.3 is 14.9 Å². The molecule has 4 rings (SSSR count). The second kappa shape index (κ2) is 5.71. The number of carboxylic acids is 2. The van der Waals surface area contributed by atoms with Gasteiger partial charge in [-0.25, -0.2) is 0 Å². The molecule has 0 unspecified atom stereocenters. The second-order valence-electron chi connectivity index (χ2n) is 7.29. The van der Waals surface area contributed by atoms with Crippen molar-refractivity contribution in [2.24, 2.45) is 10.8 Å².